The van der Waals surface area contributed by atoms with Gasteiger partial charge in [-0.25, -0.2) is 0 Å². The average Bonchev–Trinajstić information content (AvgIpc) is 2.41. The third-order valence-corrected chi connectivity index (χ3v) is 4.08. The third-order valence-electron chi connectivity index (χ3n) is 3.55. The molecule has 1 aliphatic heterocycles. The fourth-order valence-corrected chi connectivity index (χ4v) is 2.60. The Kier molecular flexibility index (Phi) is 4.45. The third kappa shape index (κ3) is 3.37. The van der Waals surface area contributed by atoms with Gasteiger partial charge in [-0.1, -0.05) is 28.1 Å². The summed E-state index contributed by atoms with van der Waals surface area (Å²) in [6, 6.07) is 7.48. The van der Waals surface area contributed by atoms with Crippen LogP contribution >= 0.6 is 15.9 Å². The zero-order valence-corrected chi connectivity index (χ0v) is 12.6. The van der Waals surface area contributed by atoms with Crippen molar-refractivity contribution in [3.8, 4) is 0 Å². The lowest BCUT2D eigenvalue weighted by atomic mass is 9.92. The van der Waals surface area contributed by atoms with E-state index in [9.17, 15) is 14.7 Å². The van der Waals surface area contributed by atoms with Crippen LogP contribution in [0.25, 0.3) is 0 Å². The molecule has 0 radical (unpaired) electrons. The van der Waals surface area contributed by atoms with E-state index in [-0.39, 0.29) is 18.9 Å². The van der Waals surface area contributed by atoms with E-state index in [1.807, 2.05) is 24.3 Å². The van der Waals surface area contributed by atoms with Crippen molar-refractivity contribution < 1.29 is 14.7 Å². The van der Waals surface area contributed by atoms with E-state index in [2.05, 4.69) is 15.9 Å². The minimum Gasteiger partial charge on any atom is -0.378 e. The minimum absolute atomic E-state index is 0.0162. The van der Waals surface area contributed by atoms with Crippen molar-refractivity contribution in [2.45, 2.75) is 24.9 Å². The van der Waals surface area contributed by atoms with Gasteiger partial charge in [-0.3, -0.25) is 9.59 Å². The van der Waals surface area contributed by atoms with Crippen molar-refractivity contribution in [2.24, 2.45) is 5.73 Å². The Labute approximate surface area is 125 Å². The van der Waals surface area contributed by atoms with Crippen molar-refractivity contribution in [1.29, 1.82) is 0 Å². The van der Waals surface area contributed by atoms with Crippen molar-refractivity contribution in [3.05, 3.63) is 34.3 Å². The van der Waals surface area contributed by atoms with Gasteiger partial charge >= 0.3 is 0 Å². The standard InChI is InChI=1S/C14H17BrN2O3/c15-11-4-2-10(3-5-11)8-12(18)17-7-1-6-14(20,9-17)13(16)19/h2-5,20H,1,6-9H2,(H2,16,19)/t14-/m0/s1. The number of amides is 2. The van der Waals surface area contributed by atoms with E-state index in [4.69, 9.17) is 5.73 Å². The predicted molar refractivity (Wildman–Crippen MR) is 77.8 cm³/mol. The first-order valence-corrected chi connectivity index (χ1v) is 7.24. The molecule has 2 rings (SSSR count). The Morgan fingerprint density at radius 3 is 2.60 bits per heavy atom. The molecule has 0 aromatic heterocycles. The molecular formula is C14H17BrN2O3. The lowest BCUT2D eigenvalue weighted by Gasteiger charge is -2.37. The fraction of sp³-hybridized carbons (Fsp3) is 0.429. The molecule has 108 valence electrons. The quantitative estimate of drug-likeness (QED) is 0.854. The number of hydrogen-bond acceptors (Lipinski definition) is 3. The molecular weight excluding hydrogens is 324 g/mol. The molecule has 0 spiro atoms. The number of halogens is 1. The second-order valence-electron chi connectivity index (χ2n) is 5.12. The summed E-state index contributed by atoms with van der Waals surface area (Å²) in [6.07, 6.45) is 1.14. The lowest BCUT2D eigenvalue weighted by molar-refractivity contribution is -0.148. The number of β-amino-alcohol motifs (C(OH)–C–C–N with tert-alkyl or cyclic N) is 1. The summed E-state index contributed by atoms with van der Waals surface area (Å²) in [6.45, 7) is 0.530. The van der Waals surface area contributed by atoms with Crippen LogP contribution in [0.4, 0.5) is 0 Å². The maximum atomic E-state index is 12.2. The first kappa shape index (κ1) is 15.0. The first-order chi connectivity index (χ1) is 9.40. The van der Waals surface area contributed by atoms with Crippen LogP contribution in [-0.2, 0) is 16.0 Å². The highest BCUT2D eigenvalue weighted by Gasteiger charge is 2.39. The van der Waals surface area contributed by atoms with Gasteiger partial charge in [-0.05, 0) is 30.5 Å². The molecule has 1 heterocycles. The molecule has 1 atom stereocenters. The van der Waals surface area contributed by atoms with Gasteiger partial charge in [0.15, 0.2) is 5.60 Å². The fourth-order valence-electron chi connectivity index (χ4n) is 2.34. The number of primary amides is 1. The van der Waals surface area contributed by atoms with E-state index < -0.39 is 11.5 Å². The number of aliphatic hydroxyl groups is 1. The molecule has 1 aromatic carbocycles. The van der Waals surface area contributed by atoms with Crippen LogP contribution in [0, 0.1) is 0 Å². The topological polar surface area (TPSA) is 83.6 Å². The van der Waals surface area contributed by atoms with Crippen molar-refractivity contribution in [3.63, 3.8) is 0 Å². The maximum Gasteiger partial charge on any atom is 0.251 e. The number of carbonyl (C=O) groups excluding carboxylic acids is 2. The molecule has 0 saturated carbocycles. The Hall–Kier alpha value is -1.40. The molecule has 1 aliphatic rings. The average molecular weight is 341 g/mol. The Morgan fingerprint density at radius 2 is 2.00 bits per heavy atom. The van der Waals surface area contributed by atoms with Crippen LogP contribution in [0.2, 0.25) is 0 Å². The van der Waals surface area contributed by atoms with Crippen LogP contribution in [0.15, 0.2) is 28.7 Å². The monoisotopic (exact) mass is 340 g/mol. The number of rotatable bonds is 3. The summed E-state index contributed by atoms with van der Waals surface area (Å²) < 4.78 is 0.953. The molecule has 6 heteroatoms. The number of nitrogens with zero attached hydrogens (tertiary/aromatic N) is 1. The van der Waals surface area contributed by atoms with Gasteiger partial charge in [0.1, 0.15) is 0 Å². The normalized spacial score (nSPS) is 22.6. The van der Waals surface area contributed by atoms with Gasteiger partial charge in [0.05, 0.1) is 13.0 Å². The second-order valence-corrected chi connectivity index (χ2v) is 6.03. The number of carbonyl (C=O) groups is 2. The summed E-state index contributed by atoms with van der Waals surface area (Å²) in [5, 5.41) is 10.1. The Balaban J connectivity index is 2.02. The van der Waals surface area contributed by atoms with Crippen LogP contribution in [-0.4, -0.2) is 40.5 Å². The number of piperidine rings is 1. The van der Waals surface area contributed by atoms with E-state index >= 15 is 0 Å². The summed E-state index contributed by atoms with van der Waals surface area (Å²) >= 11 is 3.34. The number of likely N-dealkylation sites (tertiary alicyclic amines) is 1. The van der Waals surface area contributed by atoms with Gasteiger partial charge in [0, 0.05) is 11.0 Å². The van der Waals surface area contributed by atoms with Crippen molar-refractivity contribution in [2.75, 3.05) is 13.1 Å². The summed E-state index contributed by atoms with van der Waals surface area (Å²) in [5.74, 6) is -0.870. The Morgan fingerprint density at radius 1 is 1.35 bits per heavy atom. The van der Waals surface area contributed by atoms with Gasteiger partial charge in [-0.15, -0.1) is 0 Å². The van der Waals surface area contributed by atoms with Gasteiger partial charge in [-0.2, -0.15) is 0 Å². The molecule has 5 nitrogen and oxygen atoms in total. The molecule has 0 bridgehead atoms. The van der Waals surface area contributed by atoms with Gasteiger partial charge in [0.25, 0.3) is 5.91 Å². The summed E-state index contributed by atoms with van der Waals surface area (Å²) in [7, 11) is 0. The van der Waals surface area contributed by atoms with Crippen LogP contribution in [0.3, 0.4) is 0 Å². The first-order valence-electron chi connectivity index (χ1n) is 6.45. The van der Waals surface area contributed by atoms with E-state index in [0.717, 1.165) is 10.0 Å². The van der Waals surface area contributed by atoms with Crippen LogP contribution in [0.5, 0.6) is 0 Å². The van der Waals surface area contributed by atoms with Crippen molar-refractivity contribution >= 4 is 27.7 Å². The molecule has 0 unspecified atom stereocenters. The number of benzene rings is 1. The molecule has 2 amide bonds. The second kappa shape index (κ2) is 5.93. The smallest absolute Gasteiger partial charge is 0.251 e. The van der Waals surface area contributed by atoms with Gasteiger partial charge in [0.2, 0.25) is 5.91 Å². The molecule has 0 aliphatic carbocycles. The zero-order valence-electron chi connectivity index (χ0n) is 11.0. The SMILES string of the molecule is NC(=O)[C@]1(O)CCCN(C(=O)Cc2ccc(Br)cc2)C1. The molecule has 20 heavy (non-hydrogen) atoms. The molecule has 1 aromatic rings. The highest BCUT2D eigenvalue weighted by molar-refractivity contribution is 9.10. The van der Waals surface area contributed by atoms with Gasteiger partial charge < -0.3 is 15.7 Å². The lowest BCUT2D eigenvalue weighted by Crippen LogP contribution is -2.57. The largest absolute Gasteiger partial charge is 0.378 e. The van der Waals surface area contributed by atoms with Crippen LogP contribution in [0.1, 0.15) is 18.4 Å². The summed E-state index contributed by atoms with van der Waals surface area (Å²) in [5.41, 5.74) is 4.51. The maximum absolute atomic E-state index is 12.2. The molecule has 1 saturated heterocycles. The number of nitrogens with two attached hydrogens (primary N) is 1. The predicted octanol–water partition coefficient (Wildman–Crippen LogP) is 0.830. The molecule has 3 N–H and O–H groups in total. The molecule has 1 fully saturated rings. The van der Waals surface area contributed by atoms with Crippen LogP contribution < -0.4 is 5.73 Å². The van der Waals surface area contributed by atoms with E-state index in [0.29, 0.717) is 19.4 Å². The highest BCUT2D eigenvalue weighted by Crippen LogP contribution is 2.21. The highest BCUT2D eigenvalue weighted by atomic mass is 79.9. The minimum atomic E-state index is -1.59. The van der Waals surface area contributed by atoms with Crippen molar-refractivity contribution in [1.82, 2.24) is 4.90 Å². The zero-order chi connectivity index (χ0) is 14.8. The summed E-state index contributed by atoms with van der Waals surface area (Å²) in [4.78, 5) is 25.0. The van der Waals surface area contributed by atoms with E-state index in [1.54, 1.807) is 0 Å². The Bertz CT molecular complexity index is 518. The van der Waals surface area contributed by atoms with E-state index in [1.165, 1.54) is 4.90 Å². The number of hydrogen-bond donors (Lipinski definition) is 2.